The molecule has 1 atom stereocenters. The van der Waals surface area contributed by atoms with Crippen LogP contribution in [0.5, 0.6) is 0 Å². The Labute approximate surface area is 102 Å². The smallest absolute Gasteiger partial charge is 0.243 e. The number of H-pyrrole nitrogens is 1. The van der Waals surface area contributed by atoms with E-state index >= 15 is 0 Å². The molecule has 1 unspecified atom stereocenters. The van der Waals surface area contributed by atoms with E-state index < -0.39 is 0 Å². The van der Waals surface area contributed by atoms with Gasteiger partial charge in [0.1, 0.15) is 5.82 Å². The minimum atomic E-state index is -0.135. The number of hydrogen-bond acceptors (Lipinski definition) is 2. The van der Waals surface area contributed by atoms with Crippen LogP contribution in [0.25, 0.3) is 0 Å². The maximum Gasteiger partial charge on any atom is 0.243 e. The summed E-state index contributed by atoms with van der Waals surface area (Å²) >= 11 is 0. The first-order valence-corrected chi connectivity index (χ1v) is 6.09. The van der Waals surface area contributed by atoms with Crippen LogP contribution in [0.4, 0.5) is 0 Å². The summed E-state index contributed by atoms with van der Waals surface area (Å²) < 4.78 is 0. The predicted molar refractivity (Wildman–Crippen MR) is 66.5 cm³/mol. The average Bonchev–Trinajstić information content (AvgIpc) is 3.02. The van der Waals surface area contributed by atoms with Crippen LogP contribution in [0.1, 0.15) is 50.2 Å². The van der Waals surface area contributed by atoms with Crippen LogP contribution in [-0.4, -0.2) is 15.9 Å². The first-order chi connectivity index (χ1) is 8.11. The van der Waals surface area contributed by atoms with Crippen molar-refractivity contribution in [1.82, 2.24) is 15.3 Å². The number of imidazole rings is 1. The molecule has 0 saturated heterocycles. The molecule has 0 radical (unpaired) electrons. The minimum absolute atomic E-state index is 0.00741. The first-order valence-electron chi connectivity index (χ1n) is 6.09. The molecule has 1 aromatic rings. The molecule has 2 N–H and O–H groups in total. The van der Waals surface area contributed by atoms with Crippen molar-refractivity contribution < 1.29 is 4.79 Å². The lowest BCUT2D eigenvalue weighted by Gasteiger charge is -2.14. The van der Waals surface area contributed by atoms with Crippen LogP contribution >= 0.6 is 0 Å². The third kappa shape index (κ3) is 2.75. The molecule has 0 aliphatic heterocycles. The van der Waals surface area contributed by atoms with Crippen molar-refractivity contribution in [3.63, 3.8) is 0 Å². The minimum Gasteiger partial charge on any atom is -0.344 e. The molecule has 92 valence electrons. The van der Waals surface area contributed by atoms with Crippen LogP contribution in [0.3, 0.4) is 0 Å². The van der Waals surface area contributed by atoms with Gasteiger partial charge in [-0.1, -0.05) is 20.4 Å². The molecule has 1 heterocycles. The third-order valence-electron chi connectivity index (χ3n) is 3.11. The molecule has 17 heavy (non-hydrogen) atoms. The zero-order chi connectivity index (χ0) is 12.4. The Kier molecular flexibility index (Phi) is 3.31. The molecule has 2 rings (SSSR count). The summed E-state index contributed by atoms with van der Waals surface area (Å²) in [7, 11) is 0. The van der Waals surface area contributed by atoms with Gasteiger partial charge in [-0.25, -0.2) is 4.98 Å². The fourth-order valence-electron chi connectivity index (χ4n) is 1.85. The molecular formula is C13H19N3O. The average molecular weight is 233 g/mol. The van der Waals surface area contributed by atoms with Gasteiger partial charge in [-0.05, 0) is 30.8 Å². The van der Waals surface area contributed by atoms with Crippen molar-refractivity contribution in [3.8, 4) is 0 Å². The third-order valence-corrected chi connectivity index (χ3v) is 3.11. The fraction of sp³-hybridized carbons (Fsp3) is 0.538. The Morgan fingerprint density at radius 2 is 2.35 bits per heavy atom. The van der Waals surface area contributed by atoms with Crippen LogP contribution in [-0.2, 0) is 4.79 Å². The molecule has 0 bridgehead atoms. The molecular weight excluding hydrogens is 214 g/mol. The number of nitrogens with one attached hydrogen (secondary N) is 2. The SMILES string of the molecule is C=CC(=O)NC(c1ncc(C(C)C)[nH]1)C1CC1. The molecule has 1 aliphatic rings. The highest BCUT2D eigenvalue weighted by Gasteiger charge is 2.34. The van der Waals surface area contributed by atoms with Crippen molar-refractivity contribution >= 4 is 5.91 Å². The summed E-state index contributed by atoms with van der Waals surface area (Å²) in [4.78, 5) is 19.1. The van der Waals surface area contributed by atoms with E-state index in [0.717, 1.165) is 24.4 Å². The standard InChI is InChI=1S/C13H19N3O/c1-4-11(17)16-12(9-5-6-9)13-14-7-10(15-13)8(2)3/h4,7-9,12H,1,5-6H2,2-3H3,(H,14,15)(H,16,17). The summed E-state index contributed by atoms with van der Waals surface area (Å²) in [5.41, 5.74) is 1.11. The summed E-state index contributed by atoms with van der Waals surface area (Å²) in [6.45, 7) is 7.71. The van der Waals surface area contributed by atoms with E-state index in [1.165, 1.54) is 6.08 Å². The molecule has 4 heteroatoms. The number of rotatable bonds is 5. The Bertz CT molecular complexity index is 418. The van der Waals surface area contributed by atoms with Gasteiger partial charge in [0, 0.05) is 11.9 Å². The zero-order valence-corrected chi connectivity index (χ0v) is 10.4. The van der Waals surface area contributed by atoms with Gasteiger partial charge in [0.2, 0.25) is 5.91 Å². The normalized spacial score (nSPS) is 16.9. The summed E-state index contributed by atoms with van der Waals surface area (Å²) in [6.07, 6.45) is 5.47. The van der Waals surface area contributed by atoms with Gasteiger partial charge in [0.25, 0.3) is 0 Å². The van der Waals surface area contributed by atoms with Gasteiger partial charge in [0.15, 0.2) is 0 Å². The molecule has 1 aromatic heterocycles. The van der Waals surface area contributed by atoms with Crippen LogP contribution in [0.15, 0.2) is 18.9 Å². The lowest BCUT2D eigenvalue weighted by atomic mass is 10.1. The molecule has 1 saturated carbocycles. The lowest BCUT2D eigenvalue weighted by Crippen LogP contribution is -2.29. The maximum absolute atomic E-state index is 11.4. The van der Waals surface area contributed by atoms with E-state index in [-0.39, 0.29) is 11.9 Å². The van der Waals surface area contributed by atoms with Crippen molar-refractivity contribution in [1.29, 1.82) is 0 Å². The van der Waals surface area contributed by atoms with Crippen LogP contribution in [0, 0.1) is 5.92 Å². The molecule has 0 spiro atoms. The van der Waals surface area contributed by atoms with E-state index in [9.17, 15) is 4.79 Å². The van der Waals surface area contributed by atoms with Crippen molar-refractivity contribution in [3.05, 3.63) is 30.4 Å². The van der Waals surface area contributed by atoms with E-state index in [1.807, 2.05) is 6.20 Å². The highest BCUT2D eigenvalue weighted by Crippen LogP contribution is 2.40. The van der Waals surface area contributed by atoms with E-state index in [0.29, 0.717) is 11.8 Å². The lowest BCUT2D eigenvalue weighted by molar-refractivity contribution is -0.117. The van der Waals surface area contributed by atoms with Crippen LogP contribution in [0.2, 0.25) is 0 Å². The second kappa shape index (κ2) is 4.73. The number of amides is 1. The largest absolute Gasteiger partial charge is 0.344 e. The van der Waals surface area contributed by atoms with E-state index in [1.54, 1.807) is 0 Å². The highest BCUT2D eigenvalue weighted by molar-refractivity contribution is 5.87. The quantitative estimate of drug-likeness (QED) is 0.767. The number of aromatic amines is 1. The molecule has 0 aromatic carbocycles. The van der Waals surface area contributed by atoms with Gasteiger partial charge in [-0.3, -0.25) is 4.79 Å². The molecule has 1 amide bonds. The molecule has 1 fully saturated rings. The molecule has 1 aliphatic carbocycles. The first kappa shape index (κ1) is 11.9. The van der Waals surface area contributed by atoms with Gasteiger partial charge >= 0.3 is 0 Å². The number of nitrogens with zero attached hydrogens (tertiary/aromatic N) is 1. The Morgan fingerprint density at radius 3 is 2.82 bits per heavy atom. The predicted octanol–water partition coefficient (Wildman–Crippen LogP) is 2.29. The highest BCUT2D eigenvalue weighted by atomic mass is 16.1. The van der Waals surface area contributed by atoms with Gasteiger partial charge in [-0.2, -0.15) is 0 Å². The Balaban J connectivity index is 2.14. The monoisotopic (exact) mass is 233 g/mol. The van der Waals surface area contributed by atoms with Gasteiger partial charge < -0.3 is 10.3 Å². The summed E-state index contributed by atoms with van der Waals surface area (Å²) in [5, 5.41) is 2.95. The number of carbonyl (C=O) groups is 1. The van der Waals surface area contributed by atoms with Gasteiger partial charge in [-0.15, -0.1) is 0 Å². The second-order valence-electron chi connectivity index (χ2n) is 4.91. The van der Waals surface area contributed by atoms with E-state index in [4.69, 9.17) is 0 Å². The summed E-state index contributed by atoms with van der Waals surface area (Å²) in [5.74, 6) is 1.67. The van der Waals surface area contributed by atoms with Crippen molar-refractivity contribution in [2.24, 2.45) is 5.92 Å². The van der Waals surface area contributed by atoms with Crippen LogP contribution < -0.4 is 5.32 Å². The number of aromatic nitrogens is 2. The van der Waals surface area contributed by atoms with E-state index in [2.05, 4.69) is 35.7 Å². The maximum atomic E-state index is 11.4. The Hall–Kier alpha value is -1.58. The zero-order valence-electron chi connectivity index (χ0n) is 10.4. The van der Waals surface area contributed by atoms with Crippen molar-refractivity contribution in [2.45, 2.75) is 38.6 Å². The topological polar surface area (TPSA) is 57.8 Å². The fourth-order valence-corrected chi connectivity index (χ4v) is 1.85. The molecule has 4 nitrogen and oxygen atoms in total. The second-order valence-corrected chi connectivity index (χ2v) is 4.91. The van der Waals surface area contributed by atoms with Gasteiger partial charge in [0.05, 0.1) is 6.04 Å². The Morgan fingerprint density at radius 1 is 1.65 bits per heavy atom. The number of carbonyl (C=O) groups excluding carboxylic acids is 1. The number of hydrogen-bond donors (Lipinski definition) is 2. The summed E-state index contributed by atoms with van der Waals surface area (Å²) in [6, 6.07) is 0.00741. The van der Waals surface area contributed by atoms with Crippen molar-refractivity contribution in [2.75, 3.05) is 0 Å².